The van der Waals surface area contributed by atoms with Crippen molar-refractivity contribution in [3.05, 3.63) is 48.0 Å². The number of nitrogens with zero attached hydrogens (tertiary/aromatic N) is 2. The molecule has 2 aromatic heterocycles. The number of hydrogen-bond acceptors (Lipinski definition) is 2. The summed E-state index contributed by atoms with van der Waals surface area (Å²) in [5.74, 6) is 0. The third kappa shape index (κ3) is 1.51. The molecule has 0 aliphatic carbocycles. The second-order valence-electron chi connectivity index (χ2n) is 3.38. The van der Waals surface area contributed by atoms with Crippen LogP contribution in [-0.2, 0) is 0 Å². The Bertz CT molecular complexity index is 406. The number of aromatic nitrogens is 2. The predicted molar refractivity (Wildman–Crippen MR) is 56.9 cm³/mol. The van der Waals surface area contributed by atoms with Gasteiger partial charge in [0.2, 0.25) is 0 Å². The van der Waals surface area contributed by atoms with E-state index in [-0.39, 0.29) is 0 Å². The summed E-state index contributed by atoms with van der Waals surface area (Å²) in [6, 6.07) is 4.08. The lowest BCUT2D eigenvalue weighted by molar-refractivity contribution is 1.24. The molecule has 14 heavy (non-hydrogen) atoms. The van der Waals surface area contributed by atoms with Crippen LogP contribution in [0.25, 0.3) is 11.1 Å². The molecule has 0 aromatic carbocycles. The summed E-state index contributed by atoms with van der Waals surface area (Å²) in [5.41, 5.74) is 4.86. The van der Waals surface area contributed by atoms with Crippen molar-refractivity contribution >= 4 is 0 Å². The second kappa shape index (κ2) is 3.58. The van der Waals surface area contributed by atoms with Crippen molar-refractivity contribution in [1.29, 1.82) is 0 Å². The normalized spacial score (nSPS) is 10.1. The summed E-state index contributed by atoms with van der Waals surface area (Å²) in [4.78, 5) is 8.17. The van der Waals surface area contributed by atoms with Gasteiger partial charge in [-0.1, -0.05) is 0 Å². The first-order valence-electron chi connectivity index (χ1n) is 4.60. The fourth-order valence-corrected chi connectivity index (χ4v) is 1.55. The maximum atomic E-state index is 4.08. The van der Waals surface area contributed by atoms with Gasteiger partial charge in [0.15, 0.2) is 0 Å². The van der Waals surface area contributed by atoms with Gasteiger partial charge in [0.1, 0.15) is 0 Å². The molecule has 0 radical (unpaired) electrons. The maximum Gasteiger partial charge on any atom is 0.0303 e. The molecule has 0 unspecified atom stereocenters. The van der Waals surface area contributed by atoms with Crippen LogP contribution in [0.15, 0.2) is 36.9 Å². The molecule has 2 rings (SSSR count). The summed E-state index contributed by atoms with van der Waals surface area (Å²) in [7, 11) is 0. The first-order chi connectivity index (χ1) is 6.79. The molecule has 0 bridgehead atoms. The molecule has 0 aliphatic heterocycles. The average Bonchev–Trinajstić information content (AvgIpc) is 2.20. The van der Waals surface area contributed by atoms with E-state index in [1.54, 1.807) is 0 Å². The molecule has 0 atom stereocenters. The summed E-state index contributed by atoms with van der Waals surface area (Å²) in [5, 5.41) is 0. The molecule has 0 amide bonds. The van der Waals surface area contributed by atoms with Crippen LogP contribution in [0.2, 0.25) is 0 Å². The Morgan fingerprint density at radius 1 is 0.786 bits per heavy atom. The molecule has 0 N–H and O–H groups in total. The molecule has 0 spiro atoms. The Labute approximate surface area is 83.7 Å². The zero-order chi connectivity index (χ0) is 9.97. The maximum absolute atomic E-state index is 4.08. The fraction of sp³-hybridized carbons (Fsp3) is 0.167. The Morgan fingerprint density at radius 3 is 1.57 bits per heavy atom. The van der Waals surface area contributed by atoms with E-state index < -0.39 is 0 Å². The van der Waals surface area contributed by atoms with Gasteiger partial charge in [0.05, 0.1) is 0 Å². The molecule has 2 heterocycles. The molecule has 0 saturated heterocycles. The van der Waals surface area contributed by atoms with Gasteiger partial charge in [-0.15, -0.1) is 0 Å². The molecule has 2 aromatic rings. The molecular weight excluding hydrogens is 172 g/mol. The van der Waals surface area contributed by atoms with Gasteiger partial charge in [0.25, 0.3) is 0 Å². The first kappa shape index (κ1) is 8.88. The van der Waals surface area contributed by atoms with Crippen molar-refractivity contribution in [2.75, 3.05) is 0 Å². The van der Waals surface area contributed by atoms with Gasteiger partial charge in [-0.05, 0) is 48.2 Å². The van der Waals surface area contributed by atoms with Crippen LogP contribution in [0, 0.1) is 13.8 Å². The van der Waals surface area contributed by atoms with Crippen molar-refractivity contribution in [3.8, 4) is 11.1 Å². The number of rotatable bonds is 1. The molecule has 0 saturated carbocycles. The highest BCUT2D eigenvalue weighted by molar-refractivity contribution is 5.68. The highest BCUT2D eigenvalue weighted by atomic mass is 14.6. The Morgan fingerprint density at radius 2 is 1.21 bits per heavy atom. The quantitative estimate of drug-likeness (QED) is 0.681. The highest BCUT2D eigenvalue weighted by Gasteiger charge is 2.03. The predicted octanol–water partition coefficient (Wildman–Crippen LogP) is 2.76. The van der Waals surface area contributed by atoms with Gasteiger partial charge < -0.3 is 0 Å². The minimum Gasteiger partial charge on any atom is -0.264 e. The second-order valence-corrected chi connectivity index (χ2v) is 3.38. The Kier molecular flexibility index (Phi) is 2.27. The monoisotopic (exact) mass is 184 g/mol. The minimum atomic E-state index is 1.20. The third-order valence-electron chi connectivity index (χ3n) is 2.33. The van der Waals surface area contributed by atoms with Gasteiger partial charge in [-0.2, -0.15) is 0 Å². The fourth-order valence-electron chi connectivity index (χ4n) is 1.55. The molecule has 2 heteroatoms. The SMILES string of the molecule is Cc1cnccc1-c1ccncc1C. The van der Waals surface area contributed by atoms with Crippen LogP contribution in [0.3, 0.4) is 0 Å². The van der Waals surface area contributed by atoms with E-state index >= 15 is 0 Å². The largest absolute Gasteiger partial charge is 0.264 e. The molecule has 0 aliphatic rings. The van der Waals surface area contributed by atoms with E-state index in [0.717, 1.165) is 0 Å². The molecule has 70 valence electrons. The van der Waals surface area contributed by atoms with E-state index in [0.29, 0.717) is 0 Å². The van der Waals surface area contributed by atoms with Gasteiger partial charge in [-0.3, -0.25) is 9.97 Å². The molecule has 2 nitrogen and oxygen atoms in total. The zero-order valence-corrected chi connectivity index (χ0v) is 8.36. The molecule has 0 fully saturated rings. The number of aryl methyl sites for hydroxylation is 2. The van der Waals surface area contributed by atoms with Gasteiger partial charge in [0, 0.05) is 24.8 Å². The lowest BCUT2D eigenvalue weighted by Gasteiger charge is -2.07. The van der Waals surface area contributed by atoms with E-state index in [1.165, 1.54) is 22.3 Å². The first-order valence-corrected chi connectivity index (χ1v) is 4.60. The van der Waals surface area contributed by atoms with Crippen LogP contribution in [0.1, 0.15) is 11.1 Å². The summed E-state index contributed by atoms with van der Waals surface area (Å²) in [6.45, 7) is 4.14. The minimum absolute atomic E-state index is 1.20. The standard InChI is InChI=1S/C12H12N2/c1-9-7-13-5-3-11(9)12-4-6-14-8-10(12)2/h3-8H,1-2H3. The average molecular weight is 184 g/mol. The van der Waals surface area contributed by atoms with Crippen molar-refractivity contribution < 1.29 is 0 Å². The number of pyridine rings is 2. The van der Waals surface area contributed by atoms with E-state index in [4.69, 9.17) is 0 Å². The lowest BCUT2D eigenvalue weighted by atomic mass is 10.0. The van der Waals surface area contributed by atoms with Crippen LogP contribution in [-0.4, -0.2) is 9.97 Å². The van der Waals surface area contributed by atoms with Gasteiger partial charge >= 0.3 is 0 Å². The Balaban J connectivity index is 2.61. The third-order valence-corrected chi connectivity index (χ3v) is 2.33. The van der Waals surface area contributed by atoms with Crippen molar-refractivity contribution in [1.82, 2.24) is 9.97 Å². The topological polar surface area (TPSA) is 25.8 Å². The zero-order valence-electron chi connectivity index (χ0n) is 8.36. The van der Waals surface area contributed by atoms with Crippen LogP contribution in [0.5, 0.6) is 0 Å². The van der Waals surface area contributed by atoms with Crippen LogP contribution < -0.4 is 0 Å². The smallest absolute Gasteiger partial charge is 0.0303 e. The Hall–Kier alpha value is -1.70. The number of hydrogen-bond donors (Lipinski definition) is 0. The van der Waals surface area contributed by atoms with Gasteiger partial charge in [-0.25, -0.2) is 0 Å². The van der Waals surface area contributed by atoms with E-state index in [9.17, 15) is 0 Å². The summed E-state index contributed by atoms with van der Waals surface area (Å²) >= 11 is 0. The van der Waals surface area contributed by atoms with Crippen LogP contribution in [0.4, 0.5) is 0 Å². The van der Waals surface area contributed by atoms with Crippen LogP contribution >= 0.6 is 0 Å². The summed E-state index contributed by atoms with van der Waals surface area (Å²) in [6.07, 6.45) is 7.41. The van der Waals surface area contributed by atoms with Crippen molar-refractivity contribution in [3.63, 3.8) is 0 Å². The lowest BCUT2D eigenvalue weighted by Crippen LogP contribution is -1.88. The van der Waals surface area contributed by atoms with E-state index in [1.807, 2.05) is 36.9 Å². The summed E-state index contributed by atoms with van der Waals surface area (Å²) < 4.78 is 0. The highest BCUT2D eigenvalue weighted by Crippen LogP contribution is 2.24. The molecular formula is C12H12N2. The van der Waals surface area contributed by atoms with E-state index in [2.05, 4.69) is 23.8 Å². The van der Waals surface area contributed by atoms with Crippen molar-refractivity contribution in [2.45, 2.75) is 13.8 Å². The van der Waals surface area contributed by atoms with Crippen molar-refractivity contribution in [2.24, 2.45) is 0 Å².